The van der Waals surface area contributed by atoms with Crippen molar-refractivity contribution in [3.05, 3.63) is 33.0 Å². The van der Waals surface area contributed by atoms with Crippen LogP contribution in [-0.2, 0) is 5.60 Å². The summed E-state index contributed by atoms with van der Waals surface area (Å²) in [4.78, 5) is 0. The van der Waals surface area contributed by atoms with Crippen molar-refractivity contribution in [3.8, 4) is 0 Å². The molecule has 0 aromatic heterocycles. The summed E-state index contributed by atoms with van der Waals surface area (Å²) in [6, 6.07) is 3.34. The Kier molecular flexibility index (Phi) is 4.05. The van der Waals surface area contributed by atoms with E-state index in [1.54, 1.807) is 12.1 Å². The molecule has 1 aliphatic rings. The first-order valence-electron chi connectivity index (χ1n) is 6.22. The van der Waals surface area contributed by atoms with Crippen molar-refractivity contribution in [2.24, 2.45) is 11.8 Å². The van der Waals surface area contributed by atoms with Crippen LogP contribution in [0.5, 0.6) is 0 Å². The van der Waals surface area contributed by atoms with Gasteiger partial charge in [0.25, 0.3) is 0 Å². The molecular formula is C14H17BrClFO. The lowest BCUT2D eigenvalue weighted by Gasteiger charge is -2.41. The molecule has 1 aromatic carbocycles. The van der Waals surface area contributed by atoms with E-state index in [2.05, 4.69) is 22.9 Å². The van der Waals surface area contributed by atoms with Gasteiger partial charge in [0.1, 0.15) is 5.82 Å². The van der Waals surface area contributed by atoms with Gasteiger partial charge >= 0.3 is 0 Å². The van der Waals surface area contributed by atoms with E-state index >= 15 is 0 Å². The topological polar surface area (TPSA) is 20.2 Å². The maximum atomic E-state index is 14.3. The third-order valence-electron chi connectivity index (χ3n) is 4.07. The van der Waals surface area contributed by atoms with Gasteiger partial charge in [-0.1, -0.05) is 37.9 Å². The molecule has 100 valence electrons. The zero-order chi connectivity index (χ0) is 13.5. The van der Waals surface area contributed by atoms with Gasteiger partial charge in [0, 0.05) is 10.0 Å². The molecule has 1 fully saturated rings. The molecule has 0 heterocycles. The Balaban J connectivity index is 2.49. The molecule has 0 saturated heterocycles. The van der Waals surface area contributed by atoms with Gasteiger partial charge in [0.15, 0.2) is 0 Å². The number of halogens is 3. The van der Waals surface area contributed by atoms with E-state index in [-0.39, 0.29) is 10.9 Å². The Labute approximate surface area is 120 Å². The van der Waals surface area contributed by atoms with Crippen molar-refractivity contribution in [2.75, 3.05) is 0 Å². The number of hydrogen-bond acceptors (Lipinski definition) is 1. The second kappa shape index (κ2) is 5.10. The predicted octanol–water partition coefficient (Wildman–Crippen LogP) is 4.89. The Hall–Kier alpha value is -0.120. The fourth-order valence-corrected chi connectivity index (χ4v) is 3.31. The van der Waals surface area contributed by atoms with Crippen LogP contribution in [0, 0.1) is 17.7 Å². The molecule has 0 bridgehead atoms. The van der Waals surface area contributed by atoms with Gasteiger partial charge in [-0.15, -0.1) is 0 Å². The minimum absolute atomic E-state index is 0.0421. The van der Waals surface area contributed by atoms with Gasteiger partial charge in [-0.25, -0.2) is 4.39 Å². The maximum absolute atomic E-state index is 14.3. The highest BCUT2D eigenvalue weighted by Crippen LogP contribution is 2.46. The van der Waals surface area contributed by atoms with Gasteiger partial charge in [0.2, 0.25) is 0 Å². The molecular weight excluding hydrogens is 319 g/mol. The van der Waals surface area contributed by atoms with Crippen LogP contribution in [0.15, 0.2) is 16.6 Å². The van der Waals surface area contributed by atoms with Crippen LogP contribution in [0.1, 0.15) is 38.7 Å². The molecule has 3 atom stereocenters. The number of rotatable bonds is 1. The van der Waals surface area contributed by atoms with Crippen LogP contribution in [0.3, 0.4) is 0 Å². The Morgan fingerprint density at radius 2 is 2.06 bits per heavy atom. The fraction of sp³-hybridized carbons (Fsp3) is 0.571. The van der Waals surface area contributed by atoms with Gasteiger partial charge in [-0.2, -0.15) is 0 Å². The highest BCUT2D eigenvalue weighted by Gasteiger charge is 2.42. The summed E-state index contributed by atoms with van der Waals surface area (Å²) >= 11 is 9.11. The monoisotopic (exact) mass is 334 g/mol. The van der Waals surface area contributed by atoms with Crippen LogP contribution in [-0.4, -0.2) is 5.11 Å². The summed E-state index contributed by atoms with van der Waals surface area (Å²) in [5.74, 6) is -0.0667. The van der Waals surface area contributed by atoms with Crippen molar-refractivity contribution in [3.63, 3.8) is 0 Å². The predicted molar refractivity (Wildman–Crippen MR) is 75.2 cm³/mol. The summed E-state index contributed by atoms with van der Waals surface area (Å²) in [5, 5.41) is 10.9. The van der Waals surface area contributed by atoms with Crippen molar-refractivity contribution in [1.82, 2.24) is 0 Å². The lowest BCUT2D eigenvalue weighted by atomic mass is 9.69. The van der Waals surface area contributed by atoms with Gasteiger partial charge in [0.05, 0.1) is 10.6 Å². The summed E-state index contributed by atoms with van der Waals surface area (Å²) in [6.07, 6.45) is 2.57. The smallest absolute Gasteiger partial charge is 0.149 e. The number of benzene rings is 1. The van der Waals surface area contributed by atoms with E-state index in [0.29, 0.717) is 22.4 Å². The first-order valence-corrected chi connectivity index (χ1v) is 7.39. The lowest BCUT2D eigenvalue weighted by Crippen LogP contribution is -2.39. The van der Waals surface area contributed by atoms with E-state index in [4.69, 9.17) is 11.6 Å². The SMILES string of the molecule is CC1CCC(C)C(O)(c2ccc(Br)c(Cl)c2F)C1. The maximum Gasteiger partial charge on any atom is 0.149 e. The van der Waals surface area contributed by atoms with E-state index < -0.39 is 11.4 Å². The van der Waals surface area contributed by atoms with Crippen LogP contribution >= 0.6 is 27.5 Å². The van der Waals surface area contributed by atoms with Crippen LogP contribution in [0.25, 0.3) is 0 Å². The second-order valence-electron chi connectivity index (χ2n) is 5.43. The third kappa shape index (κ3) is 2.33. The first-order chi connectivity index (χ1) is 8.36. The quantitative estimate of drug-likeness (QED) is 0.725. The Morgan fingerprint density at radius 1 is 1.39 bits per heavy atom. The summed E-state index contributed by atoms with van der Waals surface area (Å²) in [5.41, 5.74) is -0.777. The van der Waals surface area contributed by atoms with Gasteiger partial charge in [-0.05, 0) is 46.7 Å². The lowest BCUT2D eigenvalue weighted by molar-refractivity contribution is -0.0652. The molecule has 1 saturated carbocycles. The van der Waals surface area contributed by atoms with Crippen molar-refractivity contribution in [2.45, 2.75) is 38.7 Å². The number of aliphatic hydroxyl groups is 1. The van der Waals surface area contributed by atoms with E-state index in [0.717, 1.165) is 12.8 Å². The summed E-state index contributed by atoms with van der Waals surface area (Å²) in [6.45, 7) is 4.07. The van der Waals surface area contributed by atoms with Gasteiger partial charge in [-0.3, -0.25) is 0 Å². The molecule has 1 aromatic rings. The normalized spacial score (nSPS) is 32.6. The van der Waals surface area contributed by atoms with Crippen molar-refractivity contribution in [1.29, 1.82) is 0 Å². The van der Waals surface area contributed by atoms with Crippen LogP contribution in [0.4, 0.5) is 4.39 Å². The molecule has 0 spiro atoms. The summed E-state index contributed by atoms with van der Waals surface area (Å²) < 4.78 is 14.8. The average Bonchev–Trinajstić information content (AvgIpc) is 2.31. The van der Waals surface area contributed by atoms with Crippen LogP contribution < -0.4 is 0 Å². The molecule has 18 heavy (non-hydrogen) atoms. The molecule has 1 aliphatic carbocycles. The fourth-order valence-electron chi connectivity index (χ4n) is 2.84. The molecule has 0 radical (unpaired) electrons. The minimum Gasteiger partial charge on any atom is -0.385 e. The molecule has 0 aliphatic heterocycles. The molecule has 1 nitrogen and oxygen atoms in total. The molecule has 1 N–H and O–H groups in total. The average molecular weight is 336 g/mol. The van der Waals surface area contributed by atoms with E-state index in [9.17, 15) is 9.50 Å². The second-order valence-corrected chi connectivity index (χ2v) is 6.67. The molecule has 4 heteroatoms. The van der Waals surface area contributed by atoms with Crippen molar-refractivity contribution < 1.29 is 9.50 Å². The molecule has 0 amide bonds. The van der Waals surface area contributed by atoms with Crippen molar-refractivity contribution >= 4 is 27.5 Å². The third-order valence-corrected chi connectivity index (χ3v) is 5.33. The standard InChI is InChI=1S/C14H17BrClFO/c1-8-3-4-9(2)14(18,7-8)10-5-6-11(15)12(16)13(10)17/h5-6,8-9,18H,3-4,7H2,1-2H3. The molecule has 2 rings (SSSR count). The van der Waals surface area contributed by atoms with E-state index in [1.807, 2.05) is 6.92 Å². The highest BCUT2D eigenvalue weighted by atomic mass is 79.9. The largest absolute Gasteiger partial charge is 0.385 e. The zero-order valence-electron chi connectivity index (χ0n) is 10.5. The van der Waals surface area contributed by atoms with Gasteiger partial charge < -0.3 is 5.11 Å². The Morgan fingerprint density at radius 3 is 2.72 bits per heavy atom. The summed E-state index contributed by atoms with van der Waals surface area (Å²) in [7, 11) is 0. The highest BCUT2D eigenvalue weighted by molar-refractivity contribution is 9.10. The first kappa shape index (κ1) is 14.3. The zero-order valence-corrected chi connectivity index (χ0v) is 12.9. The molecule has 3 unspecified atom stereocenters. The number of hydrogen-bond donors (Lipinski definition) is 1. The van der Waals surface area contributed by atoms with E-state index in [1.165, 1.54) is 0 Å². The minimum atomic E-state index is -1.11. The van der Waals surface area contributed by atoms with Crippen LogP contribution in [0.2, 0.25) is 5.02 Å². The Bertz CT molecular complexity index is 465.